The van der Waals surface area contributed by atoms with E-state index in [1.807, 2.05) is 0 Å². The van der Waals surface area contributed by atoms with Crippen molar-refractivity contribution >= 4 is 11.4 Å². The number of nitrogens with zero attached hydrogens (tertiary/aromatic N) is 2. The molecule has 0 amide bonds. The van der Waals surface area contributed by atoms with E-state index < -0.39 is 40.7 Å². The number of aliphatic hydroxyl groups excluding tert-OH is 1. The van der Waals surface area contributed by atoms with Crippen LogP contribution in [0.15, 0.2) is 42.5 Å². The van der Waals surface area contributed by atoms with Crippen LogP contribution in [0.25, 0.3) is 0 Å². The van der Waals surface area contributed by atoms with Gasteiger partial charge in [0.25, 0.3) is 5.69 Å². The summed E-state index contributed by atoms with van der Waals surface area (Å²) in [7, 11) is 0. The Morgan fingerprint density at radius 3 is 2.41 bits per heavy atom. The Balaban J connectivity index is 2.08. The number of alkyl halides is 3. The van der Waals surface area contributed by atoms with Crippen LogP contribution >= 0.6 is 0 Å². The highest BCUT2D eigenvalue weighted by Crippen LogP contribution is 2.34. The Kier molecular flexibility index (Phi) is 6.31. The first kappa shape index (κ1) is 21.9. The molecule has 0 bridgehead atoms. The SMILES string of the molecule is C[C@](O)(COc1ccc([N+](=O)[O-])cc1)C(O)Nc1ccc(C#N)c(C(F)(F)F)c1. The Hall–Kier alpha value is -3.36. The van der Waals surface area contributed by atoms with E-state index >= 15 is 0 Å². The first-order chi connectivity index (χ1) is 13.4. The molecule has 0 heterocycles. The number of anilines is 1. The number of hydrogen-bond donors (Lipinski definition) is 3. The number of halogens is 3. The molecule has 0 saturated heterocycles. The number of ether oxygens (including phenoxy) is 1. The molecule has 0 radical (unpaired) electrons. The third kappa shape index (κ3) is 5.56. The van der Waals surface area contributed by atoms with E-state index in [1.54, 1.807) is 0 Å². The molecule has 29 heavy (non-hydrogen) atoms. The molecule has 0 aliphatic heterocycles. The van der Waals surface area contributed by atoms with Crippen LogP contribution in [0.5, 0.6) is 5.75 Å². The van der Waals surface area contributed by atoms with E-state index in [-0.39, 0.29) is 17.1 Å². The van der Waals surface area contributed by atoms with Crippen LogP contribution < -0.4 is 10.1 Å². The highest BCUT2D eigenvalue weighted by atomic mass is 19.4. The lowest BCUT2D eigenvalue weighted by Gasteiger charge is -2.30. The van der Waals surface area contributed by atoms with Gasteiger partial charge in [0.2, 0.25) is 0 Å². The second-order valence-corrected chi connectivity index (χ2v) is 6.31. The van der Waals surface area contributed by atoms with Crippen LogP contribution in [0.1, 0.15) is 18.1 Å². The molecule has 8 nitrogen and oxygen atoms in total. The first-order valence-electron chi connectivity index (χ1n) is 8.09. The lowest BCUT2D eigenvalue weighted by molar-refractivity contribution is -0.384. The minimum Gasteiger partial charge on any atom is -0.490 e. The van der Waals surface area contributed by atoms with Gasteiger partial charge in [-0.25, -0.2) is 0 Å². The molecule has 2 aromatic carbocycles. The van der Waals surface area contributed by atoms with Gasteiger partial charge in [-0.15, -0.1) is 0 Å². The number of non-ortho nitro benzene ring substituents is 1. The average molecular weight is 411 g/mol. The van der Waals surface area contributed by atoms with Gasteiger partial charge in [-0.05, 0) is 37.3 Å². The van der Waals surface area contributed by atoms with Crippen molar-refractivity contribution in [3.63, 3.8) is 0 Å². The summed E-state index contributed by atoms with van der Waals surface area (Å²) in [6, 6.07) is 9.16. The first-order valence-corrected chi connectivity index (χ1v) is 8.09. The Morgan fingerprint density at radius 1 is 1.28 bits per heavy atom. The highest BCUT2D eigenvalue weighted by molar-refractivity contribution is 5.53. The largest absolute Gasteiger partial charge is 0.490 e. The van der Waals surface area contributed by atoms with Gasteiger partial charge in [0.1, 0.15) is 18.0 Å². The highest BCUT2D eigenvalue weighted by Gasteiger charge is 2.35. The van der Waals surface area contributed by atoms with E-state index in [1.165, 1.54) is 37.3 Å². The summed E-state index contributed by atoms with van der Waals surface area (Å²) in [5.74, 6) is 0.181. The zero-order valence-corrected chi connectivity index (χ0v) is 15.0. The number of hydrogen-bond acceptors (Lipinski definition) is 7. The average Bonchev–Trinajstić information content (AvgIpc) is 2.66. The molecule has 0 aliphatic carbocycles. The molecule has 2 atom stereocenters. The maximum absolute atomic E-state index is 13.0. The van der Waals surface area contributed by atoms with Crippen molar-refractivity contribution in [1.29, 1.82) is 5.26 Å². The standard InChI is InChI=1S/C18H16F3N3O5/c1-17(26,10-29-14-6-4-13(5-7-14)24(27)28)16(25)23-12-3-2-11(9-22)15(8-12)18(19,20)21/h2-8,16,23,25-26H,10H2,1H3/t16?,17-/m0/s1. The summed E-state index contributed by atoms with van der Waals surface area (Å²) in [5, 5.41) is 42.3. The second kappa shape index (κ2) is 8.34. The van der Waals surface area contributed by atoms with E-state index in [0.717, 1.165) is 12.1 Å². The number of rotatable bonds is 7. The quantitative estimate of drug-likeness (QED) is 0.363. The number of aliphatic hydroxyl groups is 2. The summed E-state index contributed by atoms with van der Waals surface area (Å²) in [5.41, 5.74) is -4.02. The Morgan fingerprint density at radius 2 is 1.90 bits per heavy atom. The van der Waals surface area contributed by atoms with Crippen molar-refractivity contribution in [2.45, 2.75) is 24.9 Å². The van der Waals surface area contributed by atoms with E-state index in [0.29, 0.717) is 6.07 Å². The third-order valence-corrected chi connectivity index (χ3v) is 3.92. The van der Waals surface area contributed by atoms with Gasteiger partial charge >= 0.3 is 6.18 Å². The van der Waals surface area contributed by atoms with Crippen LogP contribution in [-0.2, 0) is 6.18 Å². The molecular formula is C18H16F3N3O5. The number of nitriles is 1. The number of benzene rings is 2. The Bertz CT molecular complexity index is 924. The molecule has 0 aliphatic rings. The molecule has 11 heteroatoms. The van der Waals surface area contributed by atoms with Crippen molar-refractivity contribution < 1.29 is 33.0 Å². The molecule has 2 aromatic rings. The number of nitro groups is 1. The molecule has 2 rings (SSSR count). The van der Waals surface area contributed by atoms with Gasteiger partial charge in [-0.1, -0.05) is 0 Å². The van der Waals surface area contributed by atoms with Crippen LogP contribution in [-0.4, -0.2) is 33.6 Å². The molecule has 0 fully saturated rings. The fourth-order valence-electron chi connectivity index (χ4n) is 2.25. The third-order valence-electron chi connectivity index (χ3n) is 3.92. The normalized spacial score (nSPS) is 14.4. The van der Waals surface area contributed by atoms with Crippen molar-refractivity contribution in [3.05, 3.63) is 63.7 Å². The lowest BCUT2D eigenvalue weighted by Crippen LogP contribution is -2.48. The number of nitrogens with one attached hydrogen (secondary N) is 1. The predicted octanol–water partition coefficient (Wildman–Crippen LogP) is 3.05. The summed E-state index contributed by atoms with van der Waals surface area (Å²) in [6.45, 7) is 0.714. The van der Waals surface area contributed by atoms with Gasteiger partial charge in [-0.3, -0.25) is 10.1 Å². The van der Waals surface area contributed by atoms with Crippen molar-refractivity contribution in [3.8, 4) is 11.8 Å². The van der Waals surface area contributed by atoms with Crippen LogP contribution in [0.2, 0.25) is 0 Å². The molecule has 1 unspecified atom stereocenters. The van der Waals surface area contributed by atoms with Crippen molar-refractivity contribution in [1.82, 2.24) is 0 Å². The van der Waals surface area contributed by atoms with Gasteiger partial charge in [0.15, 0.2) is 6.23 Å². The van der Waals surface area contributed by atoms with Crippen LogP contribution in [0.3, 0.4) is 0 Å². The summed E-state index contributed by atoms with van der Waals surface area (Å²) >= 11 is 0. The fraction of sp³-hybridized carbons (Fsp3) is 0.278. The van der Waals surface area contributed by atoms with Gasteiger partial charge < -0.3 is 20.3 Å². The van der Waals surface area contributed by atoms with Gasteiger partial charge in [0.05, 0.1) is 22.1 Å². The second-order valence-electron chi connectivity index (χ2n) is 6.31. The maximum atomic E-state index is 13.0. The summed E-state index contributed by atoms with van der Waals surface area (Å²) in [4.78, 5) is 10.0. The van der Waals surface area contributed by atoms with Crippen molar-refractivity contribution in [2.24, 2.45) is 0 Å². The summed E-state index contributed by atoms with van der Waals surface area (Å²) < 4.78 is 44.3. The zero-order valence-electron chi connectivity index (χ0n) is 15.0. The Labute approximate surface area is 162 Å². The smallest absolute Gasteiger partial charge is 0.417 e. The van der Waals surface area contributed by atoms with E-state index in [4.69, 9.17) is 10.00 Å². The minimum absolute atomic E-state index is 0.160. The fourth-order valence-corrected chi connectivity index (χ4v) is 2.25. The number of nitro benzene ring substituents is 1. The molecular weight excluding hydrogens is 395 g/mol. The van der Waals surface area contributed by atoms with Gasteiger partial charge in [0, 0.05) is 17.8 Å². The van der Waals surface area contributed by atoms with E-state index in [2.05, 4.69) is 5.32 Å². The monoisotopic (exact) mass is 411 g/mol. The minimum atomic E-state index is -4.77. The topological polar surface area (TPSA) is 129 Å². The molecule has 154 valence electrons. The lowest BCUT2D eigenvalue weighted by atomic mass is 10.0. The molecule has 0 saturated carbocycles. The molecule has 0 aromatic heterocycles. The van der Waals surface area contributed by atoms with Crippen LogP contribution in [0, 0.1) is 21.4 Å². The zero-order chi connectivity index (χ0) is 21.8. The predicted molar refractivity (Wildman–Crippen MR) is 95.0 cm³/mol. The molecule has 0 spiro atoms. The van der Waals surface area contributed by atoms with E-state index in [9.17, 15) is 33.5 Å². The van der Waals surface area contributed by atoms with Gasteiger partial charge in [-0.2, -0.15) is 18.4 Å². The summed E-state index contributed by atoms with van der Waals surface area (Å²) in [6.07, 6.45) is -6.50. The van der Waals surface area contributed by atoms with Crippen molar-refractivity contribution in [2.75, 3.05) is 11.9 Å². The maximum Gasteiger partial charge on any atom is 0.417 e. The molecule has 3 N–H and O–H groups in total. The van der Waals surface area contributed by atoms with Crippen LogP contribution in [0.4, 0.5) is 24.5 Å².